The molecule has 1 aromatic carbocycles. The third-order valence-corrected chi connectivity index (χ3v) is 3.75. The molecule has 1 saturated carbocycles. The second kappa shape index (κ2) is 7.36. The van der Waals surface area contributed by atoms with Crippen LogP contribution in [0, 0.1) is 0 Å². The average Bonchev–Trinajstić information content (AvgIpc) is 2.47. The topological polar surface area (TPSA) is 72.5 Å². The summed E-state index contributed by atoms with van der Waals surface area (Å²) in [5, 5.41) is 2.48. The minimum Gasteiger partial charge on any atom is -0.453 e. The van der Waals surface area contributed by atoms with Crippen molar-refractivity contribution in [2.45, 2.75) is 31.8 Å². The van der Waals surface area contributed by atoms with E-state index in [4.69, 9.17) is 4.74 Å². The molecule has 1 aliphatic carbocycles. The molecule has 1 N–H and O–H groups in total. The lowest BCUT2D eigenvalue weighted by molar-refractivity contribution is -0.155. The van der Waals surface area contributed by atoms with Gasteiger partial charge in [0, 0.05) is 16.5 Å². The molecule has 0 radical (unpaired) electrons. The molecule has 1 atom stereocenters. The minimum absolute atomic E-state index is 0.0343. The number of ether oxygens (including phenoxy) is 1. The van der Waals surface area contributed by atoms with Crippen molar-refractivity contribution in [2.75, 3.05) is 6.54 Å². The standard InChI is InChI=1S/C15H16BrNO4/c16-11-5-3-4-10(8-11)15(20)17-9-14(19)21-13-7-2-1-6-12(13)18/h3-5,8,13H,1-2,6-7,9H2,(H,17,20). The van der Waals surface area contributed by atoms with Gasteiger partial charge in [-0.1, -0.05) is 22.0 Å². The Labute approximate surface area is 131 Å². The summed E-state index contributed by atoms with van der Waals surface area (Å²) >= 11 is 3.27. The number of benzene rings is 1. The summed E-state index contributed by atoms with van der Waals surface area (Å²) in [4.78, 5) is 35.1. The summed E-state index contributed by atoms with van der Waals surface area (Å²) in [6.07, 6.45) is 2.13. The van der Waals surface area contributed by atoms with Gasteiger partial charge in [0.25, 0.3) is 5.91 Å². The Bertz CT molecular complexity index is 558. The van der Waals surface area contributed by atoms with Crippen molar-refractivity contribution >= 4 is 33.6 Å². The van der Waals surface area contributed by atoms with Crippen LogP contribution in [0.25, 0.3) is 0 Å². The molecule has 5 nitrogen and oxygen atoms in total. The molecular formula is C15H16BrNO4. The van der Waals surface area contributed by atoms with E-state index >= 15 is 0 Å². The van der Waals surface area contributed by atoms with Crippen LogP contribution < -0.4 is 5.32 Å². The largest absolute Gasteiger partial charge is 0.453 e. The van der Waals surface area contributed by atoms with E-state index < -0.39 is 12.1 Å². The third-order valence-electron chi connectivity index (χ3n) is 3.25. The van der Waals surface area contributed by atoms with Crippen LogP contribution in [-0.4, -0.2) is 30.3 Å². The van der Waals surface area contributed by atoms with Crippen LogP contribution >= 0.6 is 15.9 Å². The van der Waals surface area contributed by atoms with Gasteiger partial charge >= 0.3 is 5.97 Å². The number of halogens is 1. The number of rotatable bonds is 4. The van der Waals surface area contributed by atoms with Gasteiger partial charge in [-0.25, -0.2) is 0 Å². The van der Waals surface area contributed by atoms with Crippen LogP contribution in [0.5, 0.6) is 0 Å². The van der Waals surface area contributed by atoms with Gasteiger partial charge in [0.05, 0.1) is 0 Å². The number of amides is 1. The van der Waals surface area contributed by atoms with E-state index in [0.29, 0.717) is 18.4 Å². The molecule has 1 aromatic rings. The first-order valence-corrected chi connectivity index (χ1v) is 7.61. The molecule has 6 heteroatoms. The molecule has 1 unspecified atom stereocenters. The Hall–Kier alpha value is -1.69. The number of hydrogen-bond donors (Lipinski definition) is 1. The SMILES string of the molecule is O=C(CNC(=O)c1cccc(Br)c1)OC1CCCCC1=O. The third kappa shape index (κ3) is 4.67. The summed E-state index contributed by atoms with van der Waals surface area (Å²) < 4.78 is 5.88. The Kier molecular flexibility index (Phi) is 5.50. The van der Waals surface area contributed by atoms with E-state index in [0.717, 1.165) is 17.3 Å². The van der Waals surface area contributed by atoms with Crippen molar-refractivity contribution in [1.82, 2.24) is 5.32 Å². The van der Waals surface area contributed by atoms with Crippen LogP contribution in [0.1, 0.15) is 36.0 Å². The molecule has 0 saturated heterocycles. The van der Waals surface area contributed by atoms with E-state index in [9.17, 15) is 14.4 Å². The van der Waals surface area contributed by atoms with E-state index in [2.05, 4.69) is 21.2 Å². The molecular weight excluding hydrogens is 338 g/mol. The molecule has 112 valence electrons. The zero-order chi connectivity index (χ0) is 15.2. The maximum absolute atomic E-state index is 11.9. The second-order valence-corrected chi connectivity index (χ2v) is 5.80. The predicted octanol–water partition coefficient (Wildman–Crippen LogP) is 2.23. The maximum atomic E-state index is 11.9. The Morgan fingerprint density at radius 3 is 2.86 bits per heavy atom. The van der Waals surface area contributed by atoms with E-state index in [1.54, 1.807) is 24.3 Å². The fraction of sp³-hybridized carbons (Fsp3) is 0.400. The van der Waals surface area contributed by atoms with Crippen LogP contribution in [0.2, 0.25) is 0 Å². The van der Waals surface area contributed by atoms with Gasteiger partial charge in [-0.15, -0.1) is 0 Å². The highest BCUT2D eigenvalue weighted by Gasteiger charge is 2.25. The smallest absolute Gasteiger partial charge is 0.326 e. The summed E-state index contributed by atoms with van der Waals surface area (Å²) in [7, 11) is 0. The van der Waals surface area contributed by atoms with Crippen molar-refractivity contribution in [3.63, 3.8) is 0 Å². The van der Waals surface area contributed by atoms with Gasteiger partial charge < -0.3 is 10.1 Å². The van der Waals surface area contributed by atoms with Crippen LogP contribution in [0.4, 0.5) is 0 Å². The van der Waals surface area contributed by atoms with Gasteiger partial charge in [0.1, 0.15) is 6.54 Å². The van der Waals surface area contributed by atoms with Gasteiger partial charge in [-0.3, -0.25) is 14.4 Å². The molecule has 0 heterocycles. The summed E-state index contributed by atoms with van der Waals surface area (Å²) in [6.45, 7) is -0.241. The molecule has 1 amide bonds. The predicted molar refractivity (Wildman–Crippen MR) is 79.8 cm³/mol. The van der Waals surface area contributed by atoms with Crippen molar-refractivity contribution < 1.29 is 19.1 Å². The molecule has 0 aromatic heterocycles. The number of nitrogens with one attached hydrogen (secondary N) is 1. The van der Waals surface area contributed by atoms with Gasteiger partial charge in [-0.05, 0) is 37.5 Å². The molecule has 0 bridgehead atoms. The molecule has 1 fully saturated rings. The monoisotopic (exact) mass is 353 g/mol. The zero-order valence-corrected chi connectivity index (χ0v) is 13.0. The summed E-state index contributed by atoms with van der Waals surface area (Å²) in [5.74, 6) is -0.977. The lowest BCUT2D eigenvalue weighted by atomic mass is 9.96. The highest BCUT2D eigenvalue weighted by Crippen LogP contribution is 2.17. The van der Waals surface area contributed by atoms with Crippen LogP contribution in [0.15, 0.2) is 28.7 Å². The molecule has 1 aliphatic rings. The van der Waals surface area contributed by atoms with Crippen molar-refractivity contribution in [1.29, 1.82) is 0 Å². The minimum atomic E-state index is -0.644. The van der Waals surface area contributed by atoms with Crippen LogP contribution in [-0.2, 0) is 14.3 Å². The first-order valence-electron chi connectivity index (χ1n) is 6.82. The zero-order valence-electron chi connectivity index (χ0n) is 11.4. The van der Waals surface area contributed by atoms with Crippen molar-refractivity contribution in [3.8, 4) is 0 Å². The Balaban J connectivity index is 1.81. The number of carbonyl (C=O) groups is 3. The quantitative estimate of drug-likeness (QED) is 0.842. The van der Waals surface area contributed by atoms with Crippen molar-refractivity contribution in [3.05, 3.63) is 34.3 Å². The average molecular weight is 354 g/mol. The van der Waals surface area contributed by atoms with E-state index in [1.165, 1.54) is 0 Å². The van der Waals surface area contributed by atoms with Gasteiger partial charge in [0.2, 0.25) is 0 Å². The Morgan fingerprint density at radius 1 is 1.33 bits per heavy atom. The van der Waals surface area contributed by atoms with E-state index in [1.807, 2.05) is 0 Å². The van der Waals surface area contributed by atoms with Crippen LogP contribution in [0.3, 0.4) is 0 Å². The molecule has 21 heavy (non-hydrogen) atoms. The number of hydrogen-bond acceptors (Lipinski definition) is 4. The number of carbonyl (C=O) groups excluding carboxylic acids is 3. The normalized spacial score (nSPS) is 18.1. The first kappa shape index (κ1) is 15.7. The molecule has 0 aliphatic heterocycles. The number of esters is 1. The van der Waals surface area contributed by atoms with Gasteiger partial charge in [-0.2, -0.15) is 0 Å². The number of ketones is 1. The fourth-order valence-electron chi connectivity index (χ4n) is 2.16. The molecule has 2 rings (SSSR count). The van der Waals surface area contributed by atoms with Crippen molar-refractivity contribution in [2.24, 2.45) is 0 Å². The van der Waals surface area contributed by atoms with Gasteiger partial charge in [0.15, 0.2) is 11.9 Å². The fourth-order valence-corrected chi connectivity index (χ4v) is 2.56. The van der Waals surface area contributed by atoms with E-state index in [-0.39, 0.29) is 18.2 Å². The Morgan fingerprint density at radius 2 is 2.14 bits per heavy atom. The lowest BCUT2D eigenvalue weighted by Crippen LogP contribution is -2.36. The highest BCUT2D eigenvalue weighted by atomic mass is 79.9. The molecule has 0 spiro atoms. The summed E-state index contributed by atoms with van der Waals surface area (Å²) in [5.41, 5.74) is 0.450. The second-order valence-electron chi connectivity index (χ2n) is 4.88. The number of Topliss-reactive ketones (excluding diaryl/α,β-unsaturated/α-hetero) is 1. The lowest BCUT2D eigenvalue weighted by Gasteiger charge is -2.20. The summed E-state index contributed by atoms with van der Waals surface area (Å²) in [6, 6.07) is 6.85. The highest BCUT2D eigenvalue weighted by molar-refractivity contribution is 9.10. The maximum Gasteiger partial charge on any atom is 0.326 e. The first-order chi connectivity index (χ1) is 10.1.